The Morgan fingerprint density at radius 1 is 1.00 bits per heavy atom. The van der Waals surface area contributed by atoms with Crippen LogP contribution in [0.15, 0.2) is 47.4 Å². The molecule has 2 aromatic carbocycles. The first-order valence-corrected chi connectivity index (χ1v) is 10.7. The van der Waals surface area contributed by atoms with Gasteiger partial charge in [0.05, 0.1) is 30.9 Å². The lowest BCUT2D eigenvalue weighted by molar-refractivity contribution is -0.113. The summed E-state index contributed by atoms with van der Waals surface area (Å²) in [5, 5.41) is -0.332. The topological polar surface area (TPSA) is 65.1 Å². The van der Waals surface area contributed by atoms with E-state index in [-0.39, 0.29) is 11.1 Å². The van der Waals surface area contributed by atoms with Gasteiger partial charge < -0.3 is 14.2 Å². The summed E-state index contributed by atoms with van der Waals surface area (Å²) in [5.74, 6) is 1.59. The molecule has 2 aromatic rings. The number of carbonyl (C=O) groups is 2. The van der Waals surface area contributed by atoms with Crippen molar-refractivity contribution in [2.45, 2.75) is 26.7 Å². The van der Waals surface area contributed by atoms with E-state index < -0.39 is 0 Å². The van der Waals surface area contributed by atoms with Crippen LogP contribution >= 0.6 is 11.8 Å². The smallest absolute Gasteiger partial charge is 0.298 e. The molecule has 1 aliphatic rings. The van der Waals surface area contributed by atoms with Gasteiger partial charge in [0.15, 0.2) is 11.5 Å². The molecule has 0 bridgehead atoms. The Morgan fingerprint density at radius 2 is 1.77 bits per heavy atom. The average molecular weight is 428 g/mol. The Morgan fingerprint density at radius 3 is 2.43 bits per heavy atom. The molecular weight excluding hydrogens is 402 g/mol. The third kappa shape index (κ3) is 4.97. The number of carbonyl (C=O) groups excluding carboxylic acids is 2. The zero-order valence-electron chi connectivity index (χ0n) is 17.3. The number of nitrogens with zero attached hydrogens (tertiary/aromatic N) is 1. The van der Waals surface area contributed by atoms with Crippen molar-refractivity contribution in [3.05, 3.63) is 52.9 Å². The molecule has 1 aliphatic heterocycles. The number of anilines is 1. The molecule has 0 saturated carbocycles. The molecule has 6 nitrogen and oxygen atoms in total. The Bertz CT molecular complexity index is 939. The Balaban J connectivity index is 1.79. The molecule has 0 aromatic heterocycles. The highest BCUT2D eigenvalue weighted by atomic mass is 32.2. The van der Waals surface area contributed by atoms with Crippen LogP contribution in [-0.2, 0) is 4.79 Å². The monoisotopic (exact) mass is 427 g/mol. The Kier molecular flexibility index (Phi) is 7.41. The van der Waals surface area contributed by atoms with Gasteiger partial charge in [-0.05, 0) is 73.1 Å². The second-order valence-corrected chi connectivity index (χ2v) is 7.55. The molecule has 3 rings (SSSR count). The van der Waals surface area contributed by atoms with Crippen molar-refractivity contribution in [2.75, 3.05) is 25.2 Å². The molecular formula is C23H25NO5S. The molecule has 2 amide bonds. The summed E-state index contributed by atoms with van der Waals surface area (Å²) < 4.78 is 16.6. The van der Waals surface area contributed by atoms with E-state index in [9.17, 15) is 9.59 Å². The number of rotatable bonds is 9. The van der Waals surface area contributed by atoms with Gasteiger partial charge >= 0.3 is 0 Å². The van der Waals surface area contributed by atoms with E-state index in [2.05, 4.69) is 6.92 Å². The van der Waals surface area contributed by atoms with Gasteiger partial charge in [-0.3, -0.25) is 9.59 Å². The summed E-state index contributed by atoms with van der Waals surface area (Å²) in [6, 6.07) is 12.4. The quantitative estimate of drug-likeness (QED) is 0.388. The van der Waals surface area contributed by atoms with Gasteiger partial charge in [0.25, 0.3) is 11.1 Å². The van der Waals surface area contributed by atoms with Gasteiger partial charge in [-0.15, -0.1) is 0 Å². The molecule has 1 fully saturated rings. The van der Waals surface area contributed by atoms with Crippen LogP contribution in [0.4, 0.5) is 10.5 Å². The second kappa shape index (κ2) is 10.2. The van der Waals surface area contributed by atoms with Gasteiger partial charge in [0.2, 0.25) is 0 Å². The molecule has 1 heterocycles. The molecule has 0 aliphatic carbocycles. The molecule has 0 unspecified atom stereocenters. The minimum Gasteiger partial charge on any atom is -0.494 e. The van der Waals surface area contributed by atoms with Crippen LogP contribution < -0.4 is 19.1 Å². The summed E-state index contributed by atoms with van der Waals surface area (Å²) in [5.41, 5.74) is 1.27. The van der Waals surface area contributed by atoms with E-state index in [4.69, 9.17) is 14.2 Å². The summed E-state index contributed by atoms with van der Waals surface area (Å²) in [7, 11) is 1.57. The highest BCUT2D eigenvalue weighted by molar-refractivity contribution is 8.19. The van der Waals surface area contributed by atoms with Crippen molar-refractivity contribution >= 4 is 34.7 Å². The largest absolute Gasteiger partial charge is 0.494 e. The molecule has 7 heteroatoms. The number of thioether (sulfide) groups is 1. The predicted octanol–water partition coefficient (Wildman–Crippen LogP) is 5.51. The van der Waals surface area contributed by atoms with Gasteiger partial charge in [0, 0.05) is 0 Å². The molecule has 158 valence electrons. The van der Waals surface area contributed by atoms with Crippen LogP contribution in [0.25, 0.3) is 6.08 Å². The van der Waals surface area contributed by atoms with E-state index in [1.807, 2.05) is 19.1 Å². The number of methoxy groups -OCH3 is 1. The average Bonchev–Trinajstić information content (AvgIpc) is 3.03. The SMILES string of the molecule is CCCCOc1ccc(/C=C2\SC(=O)N(c3ccc(OCC)cc3)C2=O)cc1OC. The molecule has 0 N–H and O–H groups in total. The van der Waals surface area contributed by atoms with Crippen LogP contribution in [0.5, 0.6) is 17.2 Å². The number of imide groups is 1. The van der Waals surface area contributed by atoms with E-state index in [0.29, 0.717) is 41.1 Å². The van der Waals surface area contributed by atoms with Crippen LogP contribution in [0.1, 0.15) is 32.3 Å². The van der Waals surface area contributed by atoms with E-state index in [0.717, 1.165) is 30.2 Å². The van der Waals surface area contributed by atoms with Crippen molar-refractivity contribution in [3.63, 3.8) is 0 Å². The number of amides is 2. The lowest BCUT2D eigenvalue weighted by Gasteiger charge is -2.13. The minimum absolute atomic E-state index is 0.332. The standard InChI is InChI=1S/C23H25NO5S/c1-4-6-13-29-19-12-7-16(14-20(19)27-3)15-21-22(25)24(23(26)30-21)17-8-10-18(11-9-17)28-5-2/h7-12,14-15H,4-6,13H2,1-3H3/b21-15-. The normalized spacial score (nSPS) is 15.0. The van der Waals surface area contributed by atoms with Crippen molar-refractivity contribution in [3.8, 4) is 17.2 Å². The minimum atomic E-state index is -0.351. The summed E-state index contributed by atoms with van der Waals surface area (Å²) >= 11 is 0.916. The first kappa shape index (κ1) is 21.8. The lowest BCUT2D eigenvalue weighted by atomic mass is 10.1. The second-order valence-electron chi connectivity index (χ2n) is 6.56. The summed E-state index contributed by atoms with van der Waals surface area (Å²) in [6.07, 6.45) is 3.70. The van der Waals surface area contributed by atoms with E-state index in [1.165, 1.54) is 4.90 Å². The fourth-order valence-electron chi connectivity index (χ4n) is 2.92. The number of hydrogen-bond acceptors (Lipinski definition) is 6. The third-order valence-electron chi connectivity index (χ3n) is 4.44. The van der Waals surface area contributed by atoms with Crippen LogP contribution in [0.3, 0.4) is 0 Å². The van der Waals surface area contributed by atoms with Crippen molar-refractivity contribution in [1.29, 1.82) is 0 Å². The van der Waals surface area contributed by atoms with Gasteiger partial charge in [-0.25, -0.2) is 4.90 Å². The zero-order chi connectivity index (χ0) is 21.5. The molecule has 0 spiro atoms. The van der Waals surface area contributed by atoms with Crippen LogP contribution in [-0.4, -0.2) is 31.5 Å². The molecule has 30 heavy (non-hydrogen) atoms. The highest BCUT2D eigenvalue weighted by Crippen LogP contribution is 2.37. The van der Waals surface area contributed by atoms with E-state index >= 15 is 0 Å². The van der Waals surface area contributed by atoms with E-state index in [1.54, 1.807) is 43.5 Å². The van der Waals surface area contributed by atoms with Crippen molar-refractivity contribution in [2.24, 2.45) is 0 Å². The summed E-state index contributed by atoms with van der Waals surface area (Å²) in [4.78, 5) is 26.9. The highest BCUT2D eigenvalue weighted by Gasteiger charge is 2.36. The zero-order valence-corrected chi connectivity index (χ0v) is 18.2. The lowest BCUT2D eigenvalue weighted by Crippen LogP contribution is -2.27. The first-order chi connectivity index (χ1) is 14.6. The third-order valence-corrected chi connectivity index (χ3v) is 5.31. The fraction of sp³-hybridized carbons (Fsp3) is 0.304. The van der Waals surface area contributed by atoms with Gasteiger partial charge in [-0.1, -0.05) is 19.4 Å². The maximum Gasteiger partial charge on any atom is 0.298 e. The molecule has 0 radical (unpaired) electrons. The van der Waals surface area contributed by atoms with Crippen LogP contribution in [0, 0.1) is 0 Å². The Hall–Kier alpha value is -2.93. The van der Waals surface area contributed by atoms with Gasteiger partial charge in [0.1, 0.15) is 5.75 Å². The van der Waals surface area contributed by atoms with Crippen molar-refractivity contribution in [1.82, 2.24) is 0 Å². The summed E-state index contributed by atoms with van der Waals surface area (Å²) in [6.45, 7) is 5.17. The number of ether oxygens (including phenoxy) is 3. The van der Waals surface area contributed by atoms with Crippen LogP contribution in [0.2, 0.25) is 0 Å². The number of benzene rings is 2. The fourth-order valence-corrected chi connectivity index (χ4v) is 3.76. The number of unbranched alkanes of at least 4 members (excludes halogenated alkanes) is 1. The first-order valence-electron chi connectivity index (χ1n) is 9.89. The molecule has 0 atom stereocenters. The molecule has 1 saturated heterocycles. The Labute approximate surface area is 180 Å². The maximum absolute atomic E-state index is 12.9. The maximum atomic E-state index is 12.9. The van der Waals surface area contributed by atoms with Gasteiger partial charge in [-0.2, -0.15) is 0 Å². The predicted molar refractivity (Wildman–Crippen MR) is 119 cm³/mol. The number of hydrogen-bond donors (Lipinski definition) is 0. The van der Waals surface area contributed by atoms with Crippen molar-refractivity contribution < 1.29 is 23.8 Å².